The van der Waals surface area contributed by atoms with Gasteiger partial charge in [-0.25, -0.2) is 0 Å². The maximum absolute atomic E-state index is 6.37. The SMILES string of the molecule is CC(N)C(c1ccccc1Br)N(Cc1ccsc1)C1CC1. The molecule has 2 aromatic rings. The highest BCUT2D eigenvalue weighted by Crippen LogP contribution is 2.39. The highest BCUT2D eigenvalue weighted by molar-refractivity contribution is 9.10. The molecule has 4 heteroatoms. The summed E-state index contributed by atoms with van der Waals surface area (Å²) in [5.74, 6) is 0. The molecule has 1 aromatic carbocycles. The molecule has 21 heavy (non-hydrogen) atoms. The van der Waals surface area contributed by atoms with Gasteiger partial charge >= 0.3 is 0 Å². The van der Waals surface area contributed by atoms with E-state index in [0.29, 0.717) is 6.04 Å². The molecule has 2 atom stereocenters. The quantitative estimate of drug-likeness (QED) is 0.813. The first-order valence-corrected chi connectivity index (χ1v) is 9.17. The first-order chi connectivity index (χ1) is 10.2. The molecule has 0 radical (unpaired) electrons. The molecule has 0 bridgehead atoms. The molecule has 112 valence electrons. The number of hydrogen-bond acceptors (Lipinski definition) is 3. The van der Waals surface area contributed by atoms with Crippen molar-refractivity contribution in [3.8, 4) is 0 Å². The van der Waals surface area contributed by atoms with Crippen LogP contribution in [0.4, 0.5) is 0 Å². The zero-order valence-electron chi connectivity index (χ0n) is 12.2. The fourth-order valence-corrected chi connectivity index (χ4v) is 4.11. The van der Waals surface area contributed by atoms with Crippen molar-refractivity contribution in [2.75, 3.05) is 0 Å². The number of rotatable bonds is 6. The Morgan fingerprint density at radius 3 is 2.67 bits per heavy atom. The van der Waals surface area contributed by atoms with Crippen LogP contribution in [0.3, 0.4) is 0 Å². The van der Waals surface area contributed by atoms with Gasteiger partial charge in [0.15, 0.2) is 0 Å². The smallest absolute Gasteiger partial charge is 0.0514 e. The van der Waals surface area contributed by atoms with Gasteiger partial charge in [-0.1, -0.05) is 34.1 Å². The predicted octanol–water partition coefficient (Wildman–Crippen LogP) is 4.56. The minimum atomic E-state index is 0.0999. The molecule has 0 spiro atoms. The van der Waals surface area contributed by atoms with Crippen LogP contribution in [0.2, 0.25) is 0 Å². The van der Waals surface area contributed by atoms with Crippen molar-refractivity contribution in [1.29, 1.82) is 0 Å². The molecule has 1 heterocycles. The average molecular weight is 365 g/mol. The molecular weight excluding hydrogens is 344 g/mol. The Balaban J connectivity index is 1.92. The number of hydrogen-bond donors (Lipinski definition) is 1. The lowest BCUT2D eigenvalue weighted by molar-refractivity contribution is 0.157. The van der Waals surface area contributed by atoms with Crippen LogP contribution in [0.15, 0.2) is 45.6 Å². The molecule has 1 saturated carbocycles. The van der Waals surface area contributed by atoms with Crippen LogP contribution in [-0.2, 0) is 6.54 Å². The van der Waals surface area contributed by atoms with Crippen molar-refractivity contribution >= 4 is 27.3 Å². The van der Waals surface area contributed by atoms with E-state index < -0.39 is 0 Å². The van der Waals surface area contributed by atoms with Crippen LogP contribution in [-0.4, -0.2) is 17.0 Å². The van der Waals surface area contributed by atoms with Gasteiger partial charge in [-0.3, -0.25) is 4.90 Å². The largest absolute Gasteiger partial charge is 0.326 e. The Bertz CT molecular complexity index is 578. The molecule has 1 aromatic heterocycles. The van der Waals surface area contributed by atoms with E-state index in [1.807, 2.05) is 0 Å². The van der Waals surface area contributed by atoms with Gasteiger partial charge in [-0.15, -0.1) is 0 Å². The summed E-state index contributed by atoms with van der Waals surface area (Å²) in [5.41, 5.74) is 9.07. The summed E-state index contributed by atoms with van der Waals surface area (Å²) in [6, 6.07) is 11.7. The second-order valence-corrected chi connectivity index (χ2v) is 7.49. The Morgan fingerprint density at radius 1 is 1.33 bits per heavy atom. The first kappa shape index (κ1) is 15.2. The molecule has 1 aliphatic carbocycles. The second-order valence-electron chi connectivity index (χ2n) is 5.86. The minimum Gasteiger partial charge on any atom is -0.326 e. The fourth-order valence-electron chi connectivity index (χ4n) is 2.93. The van der Waals surface area contributed by atoms with Gasteiger partial charge in [-0.05, 0) is 53.8 Å². The summed E-state index contributed by atoms with van der Waals surface area (Å²) in [4.78, 5) is 2.59. The number of nitrogens with two attached hydrogens (primary N) is 1. The fraction of sp³-hybridized carbons (Fsp3) is 0.412. The van der Waals surface area contributed by atoms with E-state index in [0.717, 1.165) is 11.0 Å². The van der Waals surface area contributed by atoms with Crippen molar-refractivity contribution in [1.82, 2.24) is 4.90 Å². The van der Waals surface area contributed by atoms with E-state index >= 15 is 0 Å². The summed E-state index contributed by atoms with van der Waals surface area (Å²) in [5, 5.41) is 4.40. The van der Waals surface area contributed by atoms with Crippen LogP contribution in [0.25, 0.3) is 0 Å². The van der Waals surface area contributed by atoms with Gasteiger partial charge in [0.05, 0.1) is 6.04 Å². The van der Waals surface area contributed by atoms with E-state index in [9.17, 15) is 0 Å². The van der Waals surface area contributed by atoms with Gasteiger partial charge in [0, 0.05) is 23.1 Å². The third kappa shape index (κ3) is 3.57. The van der Waals surface area contributed by atoms with E-state index in [-0.39, 0.29) is 12.1 Å². The van der Waals surface area contributed by atoms with E-state index in [2.05, 4.69) is 68.8 Å². The predicted molar refractivity (Wildman–Crippen MR) is 93.4 cm³/mol. The topological polar surface area (TPSA) is 29.3 Å². The molecule has 2 N–H and O–H groups in total. The van der Waals surface area contributed by atoms with Crippen molar-refractivity contribution < 1.29 is 0 Å². The Hall–Kier alpha value is -0.680. The molecule has 1 fully saturated rings. The van der Waals surface area contributed by atoms with Crippen molar-refractivity contribution in [2.24, 2.45) is 5.73 Å². The van der Waals surface area contributed by atoms with Gasteiger partial charge in [0.2, 0.25) is 0 Å². The number of nitrogens with zero attached hydrogens (tertiary/aromatic N) is 1. The summed E-state index contributed by atoms with van der Waals surface area (Å²) >= 11 is 5.47. The monoisotopic (exact) mass is 364 g/mol. The molecule has 2 unspecified atom stereocenters. The third-order valence-electron chi connectivity index (χ3n) is 4.04. The van der Waals surface area contributed by atoms with Crippen molar-refractivity contribution in [2.45, 2.75) is 44.4 Å². The maximum atomic E-state index is 6.37. The van der Waals surface area contributed by atoms with Gasteiger partial charge in [0.25, 0.3) is 0 Å². The minimum absolute atomic E-state index is 0.0999. The Kier molecular flexibility index (Phi) is 4.79. The standard InChI is InChI=1S/C17H21BrN2S/c1-12(19)17(15-4-2-3-5-16(15)18)20(14-6-7-14)10-13-8-9-21-11-13/h2-5,8-9,11-12,14,17H,6-7,10,19H2,1H3. The molecular formula is C17H21BrN2S. The first-order valence-electron chi connectivity index (χ1n) is 7.43. The highest BCUT2D eigenvalue weighted by atomic mass is 79.9. The van der Waals surface area contributed by atoms with Gasteiger partial charge < -0.3 is 5.73 Å². The van der Waals surface area contributed by atoms with Gasteiger partial charge in [-0.2, -0.15) is 11.3 Å². The molecule has 1 aliphatic rings. The summed E-state index contributed by atoms with van der Waals surface area (Å²) in [6.07, 6.45) is 2.58. The van der Waals surface area contributed by atoms with E-state index in [1.165, 1.54) is 24.0 Å². The zero-order chi connectivity index (χ0) is 14.8. The second kappa shape index (κ2) is 6.61. The lowest BCUT2D eigenvalue weighted by Crippen LogP contribution is -2.40. The molecule has 2 nitrogen and oxygen atoms in total. The van der Waals surface area contributed by atoms with Gasteiger partial charge in [0.1, 0.15) is 0 Å². The molecule has 0 saturated heterocycles. The lowest BCUT2D eigenvalue weighted by atomic mass is 9.98. The Labute approximate surface area is 139 Å². The van der Waals surface area contributed by atoms with Crippen LogP contribution >= 0.6 is 27.3 Å². The van der Waals surface area contributed by atoms with E-state index in [1.54, 1.807) is 11.3 Å². The number of halogens is 1. The maximum Gasteiger partial charge on any atom is 0.0514 e. The summed E-state index contributed by atoms with van der Waals surface area (Å²) in [6.45, 7) is 3.11. The average Bonchev–Trinajstić information content (AvgIpc) is 3.17. The molecule has 3 rings (SSSR count). The van der Waals surface area contributed by atoms with Crippen molar-refractivity contribution in [3.63, 3.8) is 0 Å². The molecule has 0 amide bonds. The zero-order valence-corrected chi connectivity index (χ0v) is 14.6. The van der Waals surface area contributed by atoms with Crippen LogP contribution < -0.4 is 5.73 Å². The van der Waals surface area contributed by atoms with Crippen LogP contribution in [0.5, 0.6) is 0 Å². The number of thiophene rings is 1. The normalized spacial score (nSPS) is 17.9. The van der Waals surface area contributed by atoms with E-state index in [4.69, 9.17) is 5.73 Å². The molecule has 0 aliphatic heterocycles. The summed E-state index contributed by atoms with van der Waals surface area (Å²) in [7, 11) is 0. The van der Waals surface area contributed by atoms with Crippen LogP contribution in [0.1, 0.15) is 36.9 Å². The highest BCUT2D eigenvalue weighted by Gasteiger charge is 2.36. The van der Waals surface area contributed by atoms with Crippen LogP contribution in [0, 0.1) is 0 Å². The number of benzene rings is 1. The lowest BCUT2D eigenvalue weighted by Gasteiger charge is -2.35. The Morgan fingerprint density at radius 2 is 2.10 bits per heavy atom. The van der Waals surface area contributed by atoms with Crippen molar-refractivity contribution in [3.05, 3.63) is 56.7 Å². The third-order valence-corrected chi connectivity index (χ3v) is 5.49. The summed E-state index contributed by atoms with van der Waals surface area (Å²) < 4.78 is 1.16.